The second-order valence-electron chi connectivity index (χ2n) is 5.33. The van der Waals surface area contributed by atoms with Crippen LogP contribution in [0.3, 0.4) is 0 Å². The van der Waals surface area contributed by atoms with E-state index < -0.39 is 0 Å². The second-order valence-corrected chi connectivity index (χ2v) is 5.33. The lowest BCUT2D eigenvalue weighted by molar-refractivity contribution is -0.131. The van der Waals surface area contributed by atoms with E-state index in [9.17, 15) is 4.79 Å². The predicted octanol–water partition coefficient (Wildman–Crippen LogP) is 1.78. The Morgan fingerprint density at radius 3 is 3.00 bits per heavy atom. The number of amides is 1. The molecule has 0 bridgehead atoms. The van der Waals surface area contributed by atoms with Crippen LogP contribution in [-0.2, 0) is 4.79 Å². The molecule has 0 aromatic carbocycles. The molecule has 16 heavy (non-hydrogen) atoms. The van der Waals surface area contributed by atoms with Gasteiger partial charge in [0.1, 0.15) is 0 Å². The van der Waals surface area contributed by atoms with Gasteiger partial charge in [0.2, 0.25) is 5.91 Å². The average Bonchev–Trinajstić information content (AvgIpc) is 2.48. The standard InChI is InChI=1S/C13H24N2O/c1-11-6-5-8-14-12(11)10-15-9-4-2-3-7-13(15)16/h11-12,14H,2-10H2,1H3. The lowest BCUT2D eigenvalue weighted by Gasteiger charge is -2.34. The molecule has 0 radical (unpaired) electrons. The summed E-state index contributed by atoms with van der Waals surface area (Å²) in [6.45, 7) is 5.33. The maximum absolute atomic E-state index is 11.9. The van der Waals surface area contributed by atoms with E-state index in [0.717, 1.165) is 32.5 Å². The summed E-state index contributed by atoms with van der Waals surface area (Å²) in [5.74, 6) is 1.09. The first-order valence-corrected chi connectivity index (χ1v) is 6.78. The van der Waals surface area contributed by atoms with Crippen LogP contribution >= 0.6 is 0 Å². The van der Waals surface area contributed by atoms with Crippen molar-refractivity contribution in [2.75, 3.05) is 19.6 Å². The fraction of sp³-hybridized carbons (Fsp3) is 0.923. The first kappa shape index (κ1) is 11.9. The third-order valence-corrected chi connectivity index (χ3v) is 4.02. The quantitative estimate of drug-likeness (QED) is 0.775. The van der Waals surface area contributed by atoms with Crippen LogP contribution < -0.4 is 5.32 Å². The van der Waals surface area contributed by atoms with Crippen LogP contribution in [0.15, 0.2) is 0 Å². The molecule has 92 valence electrons. The normalized spacial score (nSPS) is 32.6. The highest BCUT2D eigenvalue weighted by Crippen LogP contribution is 2.18. The first-order valence-electron chi connectivity index (χ1n) is 6.78. The highest BCUT2D eigenvalue weighted by Gasteiger charge is 2.25. The van der Waals surface area contributed by atoms with Gasteiger partial charge in [-0.15, -0.1) is 0 Å². The molecule has 2 rings (SSSR count). The molecule has 1 amide bonds. The van der Waals surface area contributed by atoms with Crippen molar-refractivity contribution in [3.63, 3.8) is 0 Å². The summed E-state index contributed by atoms with van der Waals surface area (Å²) >= 11 is 0. The van der Waals surface area contributed by atoms with Crippen LogP contribution in [-0.4, -0.2) is 36.5 Å². The molecule has 2 heterocycles. The zero-order valence-electron chi connectivity index (χ0n) is 10.4. The largest absolute Gasteiger partial charge is 0.341 e. The molecule has 2 aliphatic rings. The van der Waals surface area contributed by atoms with Gasteiger partial charge < -0.3 is 10.2 Å². The van der Waals surface area contributed by atoms with E-state index in [1.165, 1.54) is 25.7 Å². The number of piperidine rings is 1. The van der Waals surface area contributed by atoms with Crippen molar-refractivity contribution in [1.82, 2.24) is 10.2 Å². The molecule has 1 N–H and O–H groups in total. The summed E-state index contributed by atoms with van der Waals surface area (Å²) < 4.78 is 0. The van der Waals surface area contributed by atoms with Crippen molar-refractivity contribution >= 4 is 5.91 Å². The van der Waals surface area contributed by atoms with E-state index in [1.807, 2.05) is 0 Å². The molecular weight excluding hydrogens is 200 g/mol. The summed E-state index contributed by atoms with van der Waals surface area (Å²) in [5.41, 5.74) is 0. The number of rotatable bonds is 2. The summed E-state index contributed by atoms with van der Waals surface area (Å²) in [4.78, 5) is 14.0. The number of hydrogen-bond acceptors (Lipinski definition) is 2. The number of nitrogens with zero attached hydrogens (tertiary/aromatic N) is 1. The van der Waals surface area contributed by atoms with E-state index in [2.05, 4.69) is 17.1 Å². The van der Waals surface area contributed by atoms with E-state index in [1.54, 1.807) is 0 Å². The van der Waals surface area contributed by atoms with Crippen molar-refractivity contribution in [3.05, 3.63) is 0 Å². The molecule has 0 aliphatic carbocycles. The highest BCUT2D eigenvalue weighted by molar-refractivity contribution is 5.76. The van der Waals surface area contributed by atoms with E-state index >= 15 is 0 Å². The molecule has 0 saturated carbocycles. The van der Waals surface area contributed by atoms with Crippen molar-refractivity contribution in [2.24, 2.45) is 5.92 Å². The fourth-order valence-electron chi connectivity index (χ4n) is 2.83. The van der Waals surface area contributed by atoms with Gasteiger partial charge in [-0.05, 0) is 38.1 Å². The summed E-state index contributed by atoms with van der Waals surface area (Å²) in [7, 11) is 0. The molecule has 3 heteroatoms. The molecule has 0 aromatic heterocycles. The van der Waals surface area contributed by atoms with Crippen LogP contribution in [0, 0.1) is 5.92 Å². The van der Waals surface area contributed by atoms with Crippen molar-refractivity contribution in [2.45, 2.75) is 51.5 Å². The SMILES string of the molecule is CC1CCCNC1CN1CCCCCC1=O. The van der Waals surface area contributed by atoms with Crippen LogP contribution in [0.1, 0.15) is 45.4 Å². The summed E-state index contributed by atoms with van der Waals surface area (Å²) in [6, 6.07) is 0.524. The molecule has 2 unspecified atom stereocenters. The zero-order chi connectivity index (χ0) is 11.4. The summed E-state index contributed by atoms with van der Waals surface area (Å²) in [5, 5.41) is 3.56. The second kappa shape index (κ2) is 5.67. The maximum atomic E-state index is 11.9. The molecule has 2 atom stereocenters. The lowest BCUT2D eigenvalue weighted by atomic mass is 9.92. The van der Waals surface area contributed by atoms with Crippen molar-refractivity contribution < 1.29 is 4.79 Å². The molecule has 2 aliphatic heterocycles. The van der Waals surface area contributed by atoms with Crippen LogP contribution in [0.4, 0.5) is 0 Å². The smallest absolute Gasteiger partial charge is 0.222 e. The molecular formula is C13H24N2O. The minimum absolute atomic E-state index is 0.372. The van der Waals surface area contributed by atoms with Gasteiger partial charge in [-0.2, -0.15) is 0 Å². The van der Waals surface area contributed by atoms with Crippen LogP contribution in [0.5, 0.6) is 0 Å². The van der Waals surface area contributed by atoms with Gasteiger partial charge in [0.15, 0.2) is 0 Å². The van der Waals surface area contributed by atoms with Gasteiger partial charge in [-0.3, -0.25) is 4.79 Å². The van der Waals surface area contributed by atoms with Crippen molar-refractivity contribution in [1.29, 1.82) is 0 Å². The van der Waals surface area contributed by atoms with Gasteiger partial charge in [0, 0.05) is 25.6 Å². The fourth-order valence-corrected chi connectivity index (χ4v) is 2.83. The molecule has 3 nitrogen and oxygen atoms in total. The minimum atomic E-state index is 0.372. The first-order chi connectivity index (χ1) is 7.77. The van der Waals surface area contributed by atoms with E-state index in [4.69, 9.17) is 0 Å². The van der Waals surface area contributed by atoms with Gasteiger partial charge in [0.25, 0.3) is 0 Å². The molecule has 2 fully saturated rings. The third kappa shape index (κ3) is 2.97. The summed E-state index contributed by atoms with van der Waals surface area (Å²) in [6.07, 6.45) is 6.85. The minimum Gasteiger partial charge on any atom is -0.341 e. The number of nitrogens with one attached hydrogen (secondary N) is 1. The van der Waals surface area contributed by atoms with Gasteiger partial charge in [-0.25, -0.2) is 0 Å². The van der Waals surface area contributed by atoms with Gasteiger partial charge >= 0.3 is 0 Å². The highest BCUT2D eigenvalue weighted by atomic mass is 16.2. The van der Waals surface area contributed by atoms with Crippen LogP contribution in [0.25, 0.3) is 0 Å². The van der Waals surface area contributed by atoms with Crippen molar-refractivity contribution in [3.8, 4) is 0 Å². The molecule has 2 saturated heterocycles. The number of carbonyl (C=O) groups excluding carboxylic acids is 1. The number of hydrogen-bond donors (Lipinski definition) is 1. The third-order valence-electron chi connectivity index (χ3n) is 4.02. The Morgan fingerprint density at radius 1 is 1.31 bits per heavy atom. The van der Waals surface area contributed by atoms with E-state index in [0.29, 0.717) is 17.9 Å². The Labute approximate surface area is 98.6 Å². The molecule has 0 aromatic rings. The Hall–Kier alpha value is -0.570. The average molecular weight is 224 g/mol. The van der Waals surface area contributed by atoms with E-state index in [-0.39, 0.29) is 0 Å². The number of likely N-dealkylation sites (tertiary alicyclic amines) is 1. The lowest BCUT2D eigenvalue weighted by Crippen LogP contribution is -2.49. The maximum Gasteiger partial charge on any atom is 0.222 e. The zero-order valence-corrected chi connectivity index (χ0v) is 10.4. The van der Waals surface area contributed by atoms with Gasteiger partial charge in [0.05, 0.1) is 0 Å². The Kier molecular flexibility index (Phi) is 4.22. The van der Waals surface area contributed by atoms with Crippen LogP contribution in [0.2, 0.25) is 0 Å². The Morgan fingerprint density at radius 2 is 2.19 bits per heavy atom. The predicted molar refractivity (Wildman–Crippen MR) is 65.2 cm³/mol. The monoisotopic (exact) mass is 224 g/mol. The Balaban J connectivity index is 1.88. The number of carbonyl (C=O) groups is 1. The van der Waals surface area contributed by atoms with Gasteiger partial charge in [-0.1, -0.05) is 13.3 Å². The topological polar surface area (TPSA) is 32.3 Å². The Bertz CT molecular complexity index is 242. The molecule has 0 spiro atoms.